The molecule has 13 heavy (non-hydrogen) atoms. The van der Waals surface area contributed by atoms with Crippen LogP contribution >= 0.6 is 33.2 Å². The summed E-state index contributed by atoms with van der Waals surface area (Å²) in [7, 11) is 0. The Labute approximate surface area is 92.9 Å². The number of carbonyl (C=O) groups is 1. The smallest absolute Gasteiger partial charge is 0.341 e. The SMILES string of the molecule is C=CC(=O)OCCCC[Si](Cl)(Cl)Cl. The average Bonchev–Trinajstić information content (AvgIpc) is 2.01. The van der Waals surface area contributed by atoms with Gasteiger partial charge in [0.05, 0.1) is 6.61 Å². The molecule has 0 saturated heterocycles. The number of unbranched alkanes of at least 4 members (excludes halogenated alkanes) is 1. The summed E-state index contributed by atoms with van der Waals surface area (Å²) in [5.74, 6) is -0.411. The second-order valence-corrected chi connectivity index (χ2v) is 11.7. The molecule has 0 radical (unpaired) electrons. The second-order valence-electron chi connectivity index (χ2n) is 2.44. The lowest BCUT2D eigenvalue weighted by molar-refractivity contribution is -0.137. The van der Waals surface area contributed by atoms with Crippen molar-refractivity contribution in [2.24, 2.45) is 0 Å². The number of carbonyl (C=O) groups excluding carboxylic acids is 1. The molecular formula is C7H11Cl3O2Si. The molecule has 6 heteroatoms. The van der Waals surface area contributed by atoms with Gasteiger partial charge in [0.25, 0.3) is 0 Å². The standard InChI is InChI=1S/C7H11Cl3O2Si/c1-2-7(11)12-5-3-4-6-13(8,9)10/h2H,1,3-6H2. The number of ether oxygens (including phenoxy) is 1. The quantitative estimate of drug-likeness (QED) is 0.241. The van der Waals surface area contributed by atoms with E-state index in [9.17, 15) is 4.79 Å². The molecule has 0 amide bonds. The summed E-state index contributed by atoms with van der Waals surface area (Å²) in [6, 6.07) is -1.89. The van der Waals surface area contributed by atoms with Crippen molar-refractivity contribution in [3.05, 3.63) is 12.7 Å². The minimum Gasteiger partial charge on any atom is -0.463 e. The lowest BCUT2D eigenvalue weighted by Crippen LogP contribution is -2.09. The van der Waals surface area contributed by atoms with E-state index in [0.717, 1.165) is 18.9 Å². The van der Waals surface area contributed by atoms with Crippen LogP contribution in [-0.2, 0) is 9.53 Å². The Bertz CT molecular complexity index is 179. The fraction of sp³-hybridized carbons (Fsp3) is 0.571. The van der Waals surface area contributed by atoms with E-state index >= 15 is 0 Å². The van der Waals surface area contributed by atoms with E-state index in [2.05, 4.69) is 6.58 Å². The summed E-state index contributed by atoms with van der Waals surface area (Å²) < 4.78 is 4.74. The van der Waals surface area contributed by atoms with Crippen molar-refractivity contribution in [1.29, 1.82) is 0 Å². The van der Waals surface area contributed by atoms with Gasteiger partial charge in [-0.25, -0.2) is 4.79 Å². The third-order valence-corrected chi connectivity index (χ3v) is 3.89. The Morgan fingerprint density at radius 3 is 2.46 bits per heavy atom. The second kappa shape index (κ2) is 6.71. The van der Waals surface area contributed by atoms with Crippen molar-refractivity contribution in [3.63, 3.8) is 0 Å². The van der Waals surface area contributed by atoms with E-state index in [0.29, 0.717) is 12.7 Å². The van der Waals surface area contributed by atoms with Crippen LogP contribution in [0.3, 0.4) is 0 Å². The summed E-state index contributed by atoms with van der Waals surface area (Å²) in [6.45, 7) is 3.63. The number of hydrogen-bond donors (Lipinski definition) is 0. The van der Waals surface area contributed by atoms with Gasteiger partial charge < -0.3 is 4.74 Å². The fourth-order valence-corrected chi connectivity index (χ4v) is 2.51. The molecule has 0 spiro atoms. The third-order valence-electron chi connectivity index (χ3n) is 1.27. The van der Waals surface area contributed by atoms with E-state index in [1.165, 1.54) is 0 Å². The lowest BCUT2D eigenvalue weighted by atomic mass is 10.4. The zero-order valence-corrected chi connectivity index (χ0v) is 10.3. The first kappa shape index (κ1) is 13.3. The van der Waals surface area contributed by atoms with E-state index < -0.39 is 12.0 Å². The normalized spacial score (nSPS) is 11.0. The Morgan fingerprint density at radius 1 is 1.38 bits per heavy atom. The molecule has 0 N–H and O–H groups in total. The van der Waals surface area contributed by atoms with Crippen molar-refractivity contribution in [1.82, 2.24) is 0 Å². The van der Waals surface area contributed by atoms with Crippen LogP contribution < -0.4 is 0 Å². The van der Waals surface area contributed by atoms with Crippen molar-refractivity contribution in [3.8, 4) is 0 Å². The molecule has 0 aromatic heterocycles. The molecule has 0 aromatic carbocycles. The predicted octanol–water partition coefficient (Wildman–Crippen LogP) is 3.15. The summed E-state index contributed by atoms with van der Waals surface area (Å²) in [6.07, 6.45) is 2.62. The van der Waals surface area contributed by atoms with E-state index in [4.69, 9.17) is 38.0 Å². The van der Waals surface area contributed by atoms with Crippen molar-refractivity contribution in [2.45, 2.75) is 18.9 Å². The van der Waals surface area contributed by atoms with Crippen LogP contribution in [0.25, 0.3) is 0 Å². The third kappa shape index (κ3) is 10.2. The lowest BCUT2D eigenvalue weighted by Gasteiger charge is -2.06. The molecule has 0 atom stereocenters. The molecular weight excluding hydrogens is 251 g/mol. The maximum absolute atomic E-state index is 10.6. The van der Waals surface area contributed by atoms with Gasteiger partial charge in [0, 0.05) is 6.08 Å². The highest BCUT2D eigenvalue weighted by Crippen LogP contribution is 2.26. The molecule has 0 bridgehead atoms. The number of rotatable bonds is 6. The number of hydrogen-bond acceptors (Lipinski definition) is 2. The summed E-state index contributed by atoms with van der Waals surface area (Å²) >= 11 is 16.9. The largest absolute Gasteiger partial charge is 0.463 e. The molecule has 0 aliphatic carbocycles. The van der Waals surface area contributed by atoms with Gasteiger partial charge in [-0.1, -0.05) is 6.58 Å². The maximum atomic E-state index is 10.6. The summed E-state index contributed by atoms with van der Waals surface area (Å²) in [5, 5.41) is 0. The van der Waals surface area contributed by atoms with Crippen LogP contribution in [0.1, 0.15) is 12.8 Å². The van der Waals surface area contributed by atoms with Gasteiger partial charge in [0.15, 0.2) is 0 Å². The van der Waals surface area contributed by atoms with E-state index in [1.54, 1.807) is 0 Å². The molecule has 76 valence electrons. The van der Waals surface area contributed by atoms with Crippen LogP contribution in [0.5, 0.6) is 0 Å². The van der Waals surface area contributed by atoms with Gasteiger partial charge in [-0.05, 0) is 18.9 Å². The molecule has 0 rings (SSSR count). The highest BCUT2D eigenvalue weighted by atomic mass is 35.8. The first-order chi connectivity index (χ1) is 5.95. The number of esters is 1. The summed E-state index contributed by atoms with van der Waals surface area (Å²) in [4.78, 5) is 10.6. The van der Waals surface area contributed by atoms with E-state index in [-0.39, 0.29) is 0 Å². The first-order valence-corrected chi connectivity index (χ1v) is 9.06. The molecule has 0 aliphatic heterocycles. The van der Waals surface area contributed by atoms with Gasteiger partial charge in [0.2, 0.25) is 0 Å². The van der Waals surface area contributed by atoms with Gasteiger partial charge in [-0.2, -0.15) is 0 Å². The van der Waals surface area contributed by atoms with Crippen LogP contribution in [-0.4, -0.2) is 18.6 Å². The fourth-order valence-electron chi connectivity index (χ4n) is 0.659. The monoisotopic (exact) mass is 260 g/mol. The molecule has 0 unspecified atom stereocenters. The van der Waals surface area contributed by atoms with Gasteiger partial charge in [-0.3, -0.25) is 0 Å². The Kier molecular flexibility index (Phi) is 6.86. The van der Waals surface area contributed by atoms with Crippen molar-refractivity contribution in [2.75, 3.05) is 6.61 Å². The molecule has 0 aliphatic rings. The van der Waals surface area contributed by atoms with Crippen molar-refractivity contribution < 1.29 is 9.53 Å². The zero-order chi connectivity index (χ0) is 10.3. The summed E-state index contributed by atoms with van der Waals surface area (Å²) in [5.41, 5.74) is 0. The molecule has 2 nitrogen and oxygen atoms in total. The molecule has 0 aromatic rings. The minimum atomic E-state index is -2.49. The molecule has 0 saturated carbocycles. The van der Waals surface area contributed by atoms with Crippen LogP contribution in [0, 0.1) is 0 Å². The Balaban J connectivity index is 3.27. The first-order valence-electron chi connectivity index (χ1n) is 3.81. The van der Waals surface area contributed by atoms with Crippen LogP contribution in [0.15, 0.2) is 12.7 Å². The van der Waals surface area contributed by atoms with Crippen molar-refractivity contribution >= 4 is 45.2 Å². The zero-order valence-electron chi connectivity index (χ0n) is 7.06. The highest BCUT2D eigenvalue weighted by Gasteiger charge is 2.23. The van der Waals surface area contributed by atoms with E-state index in [1.807, 2.05) is 0 Å². The molecule has 0 fully saturated rings. The van der Waals surface area contributed by atoms with Gasteiger partial charge in [-0.15, -0.1) is 33.2 Å². The van der Waals surface area contributed by atoms with Crippen LogP contribution in [0.2, 0.25) is 6.04 Å². The van der Waals surface area contributed by atoms with Gasteiger partial charge >= 0.3 is 12.0 Å². The Morgan fingerprint density at radius 2 is 2.00 bits per heavy atom. The minimum absolute atomic E-state index is 0.361. The average molecular weight is 262 g/mol. The number of halogens is 3. The van der Waals surface area contributed by atoms with Crippen LogP contribution in [0.4, 0.5) is 0 Å². The molecule has 0 heterocycles. The maximum Gasteiger partial charge on any atom is 0.341 e. The predicted molar refractivity (Wildman–Crippen MR) is 58.5 cm³/mol. The Hall–Kier alpha value is 0.297. The topological polar surface area (TPSA) is 26.3 Å². The highest BCUT2D eigenvalue weighted by molar-refractivity contribution is 7.64. The van der Waals surface area contributed by atoms with Gasteiger partial charge in [0.1, 0.15) is 0 Å².